The summed E-state index contributed by atoms with van der Waals surface area (Å²) < 4.78 is 1.72. The Labute approximate surface area is 156 Å². The van der Waals surface area contributed by atoms with Crippen LogP contribution in [0.2, 0.25) is 5.02 Å². The van der Waals surface area contributed by atoms with E-state index in [-0.39, 0.29) is 5.91 Å². The Morgan fingerprint density at radius 1 is 1.19 bits per heavy atom. The highest BCUT2D eigenvalue weighted by molar-refractivity contribution is 6.30. The molecule has 132 valence electrons. The van der Waals surface area contributed by atoms with E-state index >= 15 is 0 Å². The predicted octanol–water partition coefficient (Wildman–Crippen LogP) is 3.82. The van der Waals surface area contributed by atoms with Gasteiger partial charge in [-0.3, -0.25) is 4.79 Å². The summed E-state index contributed by atoms with van der Waals surface area (Å²) in [7, 11) is 1.48. The molecule has 3 aromatic rings. The van der Waals surface area contributed by atoms with E-state index in [2.05, 4.69) is 20.4 Å². The van der Waals surface area contributed by atoms with Crippen LogP contribution in [0.3, 0.4) is 0 Å². The summed E-state index contributed by atoms with van der Waals surface area (Å²) in [6, 6.07) is 16.3. The fourth-order valence-corrected chi connectivity index (χ4v) is 2.48. The van der Waals surface area contributed by atoms with Crippen LogP contribution in [0.1, 0.15) is 21.5 Å². The second-order valence-electron chi connectivity index (χ2n) is 5.49. The second kappa shape index (κ2) is 8.31. The summed E-state index contributed by atoms with van der Waals surface area (Å²) in [6.45, 7) is 0.534. The van der Waals surface area contributed by atoms with E-state index in [0.717, 1.165) is 11.1 Å². The fraction of sp³-hybridized carbons (Fsp3) is 0.105. The molecule has 26 heavy (non-hydrogen) atoms. The molecule has 0 saturated heterocycles. The molecule has 1 aromatic heterocycles. The van der Waals surface area contributed by atoms with E-state index < -0.39 is 0 Å². The van der Waals surface area contributed by atoms with Crippen molar-refractivity contribution in [2.75, 3.05) is 12.4 Å². The Balaban J connectivity index is 1.69. The standard InChI is InChI=1S/C19H17ClN4O2/c1-26-22-12-14-2-6-16(7-3-14)19(25)23-18-10-11-21-24(18)13-15-4-8-17(20)9-5-15/h2-12H,13H2,1H3,(H,23,25)/b22-12+. The van der Waals surface area contributed by atoms with Gasteiger partial charge in [0.15, 0.2) is 0 Å². The Bertz CT molecular complexity index is 902. The fourth-order valence-electron chi connectivity index (χ4n) is 2.35. The highest BCUT2D eigenvalue weighted by Crippen LogP contribution is 2.14. The molecular weight excluding hydrogens is 352 g/mol. The number of nitrogens with zero attached hydrogens (tertiary/aromatic N) is 3. The highest BCUT2D eigenvalue weighted by atomic mass is 35.5. The molecule has 0 spiro atoms. The van der Waals surface area contributed by atoms with Crippen molar-refractivity contribution in [1.29, 1.82) is 0 Å². The van der Waals surface area contributed by atoms with Crippen LogP contribution in [0.5, 0.6) is 0 Å². The number of hydrogen-bond donors (Lipinski definition) is 1. The van der Waals surface area contributed by atoms with Gasteiger partial charge in [0.25, 0.3) is 5.91 Å². The summed E-state index contributed by atoms with van der Waals surface area (Å²) in [6.07, 6.45) is 3.22. The van der Waals surface area contributed by atoms with E-state index in [0.29, 0.717) is 22.9 Å². The van der Waals surface area contributed by atoms with Gasteiger partial charge in [0.1, 0.15) is 12.9 Å². The van der Waals surface area contributed by atoms with Crippen LogP contribution in [-0.4, -0.2) is 29.0 Å². The molecule has 0 aliphatic carbocycles. The van der Waals surface area contributed by atoms with Gasteiger partial charge >= 0.3 is 0 Å². The predicted molar refractivity (Wildman–Crippen MR) is 102 cm³/mol. The molecule has 0 saturated carbocycles. The van der Waals surface area contributed by atoms with Crippen LogP contribution < -0.4 is 5.32 Å². The minimum absolute atomic E-state index is 0.210. The first-order chi connectivity index (χ1) is 12.7. The van der Waals surface area contributed by atoms with Gasteiger partial charge in [-0.15, -0.1) is 0 Å². The summed E-state index contributed by atoms with van der Waals surface area (Å²) in [4.78, 5) is 17.1. The molecule has 0 unspecified atom stereocenters. The van der Waals surface area contributed by atoms with Crippen LogP contribution in [-0.2, 0) is 11.4 Å². The number of halogens is 1. The Morgan fingerprint density at radius 3 is 2.62 bits per heavy atom. The molecule has 0 bridgehead atoms. The number of rotatable bonds is 6. The maximum absolute atomic E-state index is 12.5. The quantitative estimate of drug-likeness (QED) is 0.531. The molecule has 0 aliphatic rings. The third-order valence-electron chi connectivity index (χ3n) is 3.68. The zero-order valence-electron chi connectivity index (χ0n) is 14.1. The number of nitrogens with one attached hydrogen (secondary N) is 1. The first-order valence-corrected chi connectivity index (χ1v) is 8.28. The van der Waals surface area contributed by atoms with Gasteiger partial charge in [-0.1, -0.05) is 41.0 Å². The lowest BCUT2D eigenvalue weighted by Gasteiger charge is -2.09. The van der Waals surface area contributed by atoms with Gasteiger partial charge < -0.3 is 10.2 Å². The number of benzene rings is 2. The summed E-state index contributed by atoms with van der Waals surface area (Å²) in [5.74, 6) is 0.410. The highest BCUT2D eigenvalue weighted by Gasteiger charge is 2.10. The zero-order valence-corrected chi connectivity index (χ0v) is 14.8. The van der Waals surface area contributed by atoms with Gasteiger partial charge in [0.2, 0.25) is 0 Å². The van der Waals surface area contributed by atoms with Crippen molar-refractivity contribution >= 4 is 29.5 Å². The smallest absolute Gasteiger partial charge is 0.256 e. The minimum Gasteiger partial charge on any atom is -0.399 e. The van der Waals surface area contributed by atoms with Gasteiger partial charge in [-0.2, -0.15) is 5.10 Å². The Morgan fingerprint density at radius 2 is 1.92 bits per heavy atom. The van der Waals surface area contributed by atoms with E-state index in [4.69, 9.17) is 11.6 Å². The summed E-state index contributed by atoms with van der Waals surface area (Å²) >= 11 is 5.91. The number of hydrogen-bond acceptors (Lipinski definition) is 4. The molecule has 1 amide bonds. The monoisotopic (exact) mass is 368 g/mol. The zero-order chi connectivity index (χ0) is 18.4. The topological polar surface area (TPSA) is 68.5 Å². The van der Waals surface area contributed by atoms with Gasteiger partial charge in [0.05, 0.1) is 19.0 Å². The maximum Gasteiger partial charge on any atom is 0.256 e. The van der Waals surface area contributed by atoms with Crippen molar-refractivity contribution in [3.8, 4) is 0 Å². The van der Waals surface area contributed by atoms with Crippen molar-refractivity contribution in [1.82, 2.24) is 9.78 Å². The Hall–Kier alpha value is -3.12. The molecule has 0 atom stereocenters. The molecule has 2 aromatic carbocycles. The second-order valence-corrected chi connectivity index (χ2v) is 5.93. The lowest BCUT2D eigenvalue weighted by Crippen LogP contribution is -2.16. The third kappa shape index (κ3) is 4.49. The average Bonchev–Trinajstić information content (AvgIpc) is 3.09. The van der Waals surface area contributed by atoms with E-state index in [1.807, 2.05) is 24.3 Å². The van der Waals surface area contributed by atoms with Crippen molar-refractivity contribution in [3.63, 3.8) is 0 Å². The number of anilines is 1. The van der Waals surface area contributed by atoms with E-state index in [9.17, 15) is 4.79 Å². The van der Waals surface area contributed by atoms with Crippen LogP contribution in [0.25, 0.3) is 0 Å². The molecular formula is C19H17ClN4O2. The molecule has 0 aliphatic heterocycles. The van der Waals surface area contributed by atoms with Crippen LogP contribution >= 0.6 is 11.6 Å². The first-order valence-electron chi connectivity index (χ1n) is 7.90. The number of amides is 1. The Kier molecular flexibility index (Phi) is 5.66. The number of oxime groups is 1. The summed E-state index contributed by atoms with van der Waals surface area (Å²) in [5, 5.41) is 11.5. The molecule has 0 fully saturated rings. The van der Waals surface area contributed by atoms with Crippen LogP contribution in [0.15, 0.2) is 65.9 Å². The number of aromatic nitrogens is 2. The minimum atomic E-state index is -0.210. The third-order valence-corrected chi connectivity index (χ3v) is 3.94. The van der Waals surface area contributed by atoms with Crippen molar-refractivity contribution in [2.45, 2.75) is 6.54 Å². The largest absolute Gasteiger partial charge is 0.399 e. The maximum atomic E-state index is 12.5. The molecule has 1 N–H and O–H groups in total. The molecule has 6 nitrogen and oxygen atoms in total. The SMILES string of the molecule is CO/N=C/c1ccc(C(=O)Nc2ccnn2Cc2ccc(Cl)cc2)cc1. The average molecular weight is 369 g/mol. The van der Waals surface area contributed by atoms with Gasteiger partial charge in [-0.05, 0) is 35.4 Å². The molecule has 7 heteroatoms. The van der Waals surface area contributed by atoms with Crippen LogP contribution in [0.4, 0.5) is 5.82 Å². The number of carbonyl (C=O) groups is 1. The van der Waals surface area contributed by atoms with Crippen LogP contribution in [0, 0.1) is 0 Å². The van der Waals surface area contributed by atoms with E-state index in [1.165, 1.54) is 7.11 Å². The lowest BCUT2D eigenvalue weighted by atomic mass is 10.1. The van der Waals surface area contributed by atoms with Crippen molar-refractivity contribution in [3.05, 3.63) is 82.5 Å². The molecule has 0 radical (unpaired) electrons. The van der Waals surface area contributed by atoms with Crippen molar-refractivity contribution in [2.24, 2.45) is 5.16 Å². The van der Waals surface area contributed by atoms with E-state index in [1.54, 1.807) is 47.4 Å². The normalized spacial score (nSPS) is 10.8. The lowest BCUT2D eigenvalue weighted by molar-refractivity contribution is 0.102. The molecule has 3 rings (SSSR count). The van der Waals surface area contributed by atoms with Gasteiger partial charge in [-0.25, -0.2) is 4.68 Å². The summed E-state index contributed by atoms with van der Waals surface area (Å²) in [5.41, 5.74) is 2.42. The molecule has 1 heterocycles. The number of carbonyl (C=O) groups excluding carboxylic acids is 1. The van der Waals surface area contributed by atoms with Crippen molar-refractivity contribution < 1.29 is 9.63 Å². The first kappa shape index (κ1) is 17.7. The van der Waals surface area contributed by atoms with Gasteiger partial charge in [0, 0.05) is 16.7 Å².